The number of nitrogens with zero attached hydrogens (tertiary/aromatic N) is 3. The van der Waals surface area contributed by atoms with Crippen LogP contribution in [0, 0.1) is 0 Å². The summed E-state index contributed by atoms with van der Waals surface area (Å²) in [5, 5.41) is 0. The summed E-state index contributed by atoms with van der Waals surface area (Å²) in [5.41, 5.74) is 2.84. The van der Waals surface area contributed by atoms with Crippen LogP contribution in [0.5, 0.6) is 0 Å². The van der Waals surface area contributed by atoms with Crippen molar-refractivity contribution in [1.82, 2.24) is 19.9 Å². The predicted molar refractivity (Wildman–Crippen MR) is 69.7 cm³/mol. The van der Waals surface area contributed by atoms with Gasteiger partial charge in [-0.05, 0) is 13.8 Å². The molecular formula is C12H23N5O. The molecule has 0 bridgehead atoms. The average Bonchev–Trinajstić information content (AvgIpc) is 2.77. The molecule has 0 radical (unpaired) electrons. The Hall–Kier alpha value is -0.950. The van der Waals surface area contributed by atoms with E-state index in [4.69, 9.17) is 10.6 Å². The van der Waals surface area contributed by atoms with Crippen LogP contribution in [0.3, 0.4) is 0 Å². The molecule has 1 fully saturated rings. The number of rotatable bonds is 4. The molecule has 3 N–H and O–H groups in total. The lowest BCUT2D eigenvalue weighted by molar-refractivity contribution is -0.0578. The zero-order valence-electron chi connectivity index (χ0n) is 11.3. The Kier molecular flexibility index (Phi) is 4.34. The highest BCUT2D eigenvalue weighted by molar-refractivity contribution is 5.02. The number of ether oxygens (including phenoxy) is 1. The van der Waals surface area contributed by atoms with Crippen molar-refractivity contribution >= 4 is 0 Å². The quantitative estimate of drug-likeness (QED) is 0.585. The van der Waals surface area contributed by atoms with Gasteiger partial charge in [-0.25, -0.2) is 10.4 Å². The van der Waals surface area contributed by atoms with Crippen LogP contribution in [0.1, 0.15) is 25.7 Å². The summed E-state index contributed by atoms with van der Waals surface area (Å²) < 4.78 is 7.83. The van der Waals surface area contributed by atoms with Gasteiger partial charge in [0.1, 0.15) is 11.9 Å². The number of nitrogens with two attached hydrogens (primary N) is 1. The van der Waals surface area contributed by atoms with Crippen LogP contribution in [0.2, 0.25) is 0 Å². The van der Waals surface area contributed by atoms with E-state index in [9.17, 15) is 0 Å². The zero-order valence-corrected chi connectivity index (χ0v) is 11.3. The van der Waals surface area contributed by atoms with E-state index in [1.54, 1.807) is 6.20 Å². The molecule has 1 aromatic heterocycles. The highest BCUT2D eigenvalue weighted by Gasteiger charge is 2.31. The molecule has 1 aromatic rings. The van der Waals surface area contributed by atoms with Crippen LogP contribution in [-0.4, -0.2) is 46.3 Å². The monoisotopic (exact) mass is 253 g/mol. The maximum Gasteiger partial charge on any atom is 0.129 e. The Bertz CT molecular complexity index is 378. The van der Waals surface area contributed by atoms with Crippen molar-refractivity contribution < 1.29 is 4.74 Å². The van der Waals surface area contributed by atoms with E-state index in [1.807, 2.05) is 17.8 Å². The van der Waals surface area contributed by atoms with Crippen molar-refractivity contribution in [3.05, 3.63) is 18.2 Å². The second-order valence-corrected chi connectivity index (χ2v) is 5.04. The van der Waals surface area contributed by atoms with E-state index < -0.39 is 0 Å². The van der Waals surface area contributed by atoms with Gasteiger partial charge < -0.3 is 9.30 Å². The molecule has 18 heavy (non-hydrogen) atoms. The lowest BCUT2D eigenvalue weighted by Crippen LogP contribution is -2.51. The van der Waals surface area contributed by atoms with Crippen molar-refractivity contribution in [2.75, 3.05) is 19.7 Å². The zero-order chi connectivity index (χ0) is 13.1. The first-order valence-electron chi connectivity index (χ1n) is 6.42. The summed E-state index contributed by atoms with van der Waals surface area (Å²) in [5.74, 6) is 6.59. The number of aromatic nitrogens is 2. The minimum absolute atomic E-state index is 0.0345. The minimum Gasteiger partial charge on any atom is -0.373 e. The first-order valence-corrected chi connectivity index (χ1v) is 6.42. The number of aryl methyl sites for hydroxylation is 1. The third kappa shape index (κ3) is 2.72. The average molecular weight is 253 g/mol. The summed E-state index contributed by atoms with van der Waals surface area (Å²) >= 11 is 0. The number of hydrazine groups is 1. The SMILES string of the molecule is CC(C)N1CCOC(C(NN)c2nccn2C)C1. The molecule has 6 nitrogen and oxygen atoms in total. The third-order valence-electron chi connectivity index (χ3n) is 3.54. The van der Waals surface area contributed by atoms with Crippen LogP contribution < -0.4 is 11.3 Å². The molecule has 2 unspecified atom stereocenters. The number of morpholine rings is 1. The normalized spacial score (nSPS) is 23.5. The van der Waals surface area contributed by atoms with E-state index in [2.05, 4.69) is 29.2 Å². The molecule has 6 heteroatoms. The van der Waals surface area contributed by atoms with Gasteiger partial charge in [-0.3, -0.25) is 10.7 Å². The van der Waals surface area contributed by atoms with Crippen molar-refractivity contribution in [3.8, 4) is 0 Å². The second kappa shape index (κ2) is 5.79. The Labute approximate surface area is 108 Å². The molecule has 0 aliphatic carbocycles. The maximum absolute atomic E-state index is 5.85. The van der Waals surface area contributed by atoms with Crippen LogP contribution in [0.25, 0.3) is 0 Å². The van der Waals surface area contributed by atoms with E-state index in [1.165, 1.54) is 0 Å². The van der Waals surface area contributed by atoms with Crippen molar-refractivity contribution in [1.29, 1.82) is 0 Å². The molecule has 0 spiro atoms. The van der Waals surface area contributed by atoms with Gasteiger partial charge in [-0.2, -0.15) is 0 Å². The summed E-state index contributed by atoms with van der Waals surface area (Å²) in [4.78, 5) is 6.76. The van der Waals surface area contributed by atoms with Crippen LogP contribution >= 0.6 is 0 Å². The fourth-order valence-corrected chi connectivity index (χ4v) is 2.39. The summed E-state index contributed by atoms with van der Waals surface area (Å²) in [7, 11) is 1.97. The van der Waals surface area contributed by atoms with Gasteiger partial charge in [0.25, 0.3) is 0 Å². The van der Waals surface area contributed by atoms with Gasteiger partial charge >= 0.3 is 0 Å². The van der Waals surface area contributed by atoms with E-state index in [0.717, 1.165) is 25.5 Å². The maximum atomic E-state index is 5.85. The lowest BCUT2D eigenvalue weighted by Gasteiger charge is -2.38. The smallest absolute Gasteiger partial charge is 0.129 e. The largest absolute Gasteiger partial charge is 0.373 e. The summed E-state index contributed by atoms with van der Waals surface area (Å²) in [6, 6.07) is 0.447. The first-order chi connectivity index (χ1) is 8.63. The Balaban J connectivity index is 2.11. The van der Waals surface area contributed by atoms with Crippen molar-refractivity contribution in [2.24, 2.45) is 12.9 Å². The third-order valence-corrected chi connectivity index (χ3v) is 3.54. The standard InChI is InChI=1S/C12H23N5O/c1-9(2)17-6-7-18-10(8-17)11(15-13)12-14-4-5-16(12)3/h4-5,9-11,15H,6-8,13H2,1-3H3. The Morgan fingerprint density at radius 3 is 2.89 bits per heavy atom. The molecule has 1 aliphatic rings. The molecule has 0 amide bonds. The lowest BCUT2D eigenvalue weighted by atomic mass is 10.1. The fraction of sp³-hybridized carbons (Fsp3) is 0.750. The van der Waals surface area contributed by atoms with E-state index in [0.29, 0.717) is 6.04 Å². The fourth-order valence-electron chi connectivity index (χ4n) is 2.39. The van der Waals surface area contributed by atoms with E-state index in [-0.39, 0.29) is 12.1 Å². The van der Waals surface area contributed by atoms with Gasteiger partial charge in [0, 0.05) is 38.6 Å². The molecule has 0 saturated carbocycles. The topological polar surface area (TPSA) is 68.3 Å². The van der Waals surface area contributed by atoms with Crippen LogP contribution in [0.4, 0.5) is 0 Å². The second-order valence-electron chi connectivity index (χ2n) is 5.04. The van der Waals surface area contributed by atoms with Gasteiger partial charge in [0.15, 0.2) is 0 Å². The predicted octanol–water partition coefficient (Wildman–Crippen LogP) is 0.0337. The molecule has 102 valence electrons. The molecule has 2 atom stereocenters. The van der Waals surface area contributed by atoms with E-state index >= 15 is 0 Å². The highest BCUT2D eigenvalue weighted by atomic mass is 16.5. The molecule has 1 saturated heterocycles. The first kappa shape index (κ1) is 13.5. The van der Waals surface area contributed by atoms with Crippen LogP contribution in [0.15, 0.2) is 12.4 Å². The Morgan fingerprint density at radius 1 is 1.56 bits per heavy atom. The van der Waals surface area contributed by atoms with Gasteiger partial charge in [0.2, 0.25) is 0 Å². The molecular weight excluding hydrogens is 230 g/mol. The van der Waals surface area contributed by atoms with Gasteiger partial charge in [-0.15, -0.1) is 0 Å². The van der Waals surface area contributed by atoms with Gasteiger partial charge in [-0.1, -0.05) is 0 Å². The number of nitrogens with one attached hydrogen (secondary N) is 1. The Morgan fingerprint density at radius 2 is 2.33 bits per heavy atom. The number of imidazole rings is 1. The molecule has 1 aliphatic heterocycles. The minimum atomic E-state index is -0.0773. The molecule has 0 aromatic carbocycles. The van der Waals surface area contributed by atoms with Crippen molar-refractivity contribution in [2.45, 2.75) is 32.0 Å². The highest BCUT2D eigenvalue weighted by Crippen LogP contribution is 2.21. The number of hydrogen-bond donors (Lipinski definition) is 2. The molecule has 2 heterocycles. The molecule has 2 rings (SSSR count). The number of hydrogen-bond acceptors (Lipinski definition) is 5. The van der Waals surface area contributed by atoms with Crippen molar-refractivity contribution in [3.63, 3.8) is 0 Å². The van der Waals surface area contributed by atoms with Gasteiger partial charge in [0.05, 0.1) is 12.7 Å². The summed E-state index contributed by atoms with van der Waals surface area (Å²) in [6.07, 6.45) is 3.73. The summed E-state index contributed by atoms with van der Waals surface area (Å²) in [6.45, 7) is 7.00. The van der Waals surface area contributed by atoms with Crippen LogP contribution in [-0.2, 0) is 11.8 Å².